The van der Waals surface area contributed by atoms with Gasteiger partial charge in [-0.25, -0.2) is 0 Å². The van der Waals surface area contributed by atoms with E-state index in [1.54, 1.807) is 0 Å². The zero-order valence-electron chi connectivity index (χ0n) is 15.0. The van der Waals surface area contributed by atoms with Crippen LogP contribution in [0, 0.1) is 0 Å². The van der Waals surface area contributed by atoms with Gasteiger partial charge in [0.15, 0.2) is 0 Å². The van der Waals surface area contributed by atoms with E-state index >= 15 is 0 Å². The van der Waals surface area contributed by atoms with Gasteiger partial charge in [0.25, 0.3) is 0 Å². The van der Waals surface area contributed by atoms with Gasteiger partial charge in [0.2, 0.25) is 0 Å². The number of hydrogen-bond acceptors (Lipinski definition) is 1. The zero-order chi connectivity index (χ0) is 17.7. The van der Waals surface area contributed by atoms with Crippen LogP contribution in [0.2, 0.25) is 0 Å². The Balaban J connectivity index is 0.000000422. The standard InChI is InChI=1S/C18H15P.C5H9O.Fe/c1-4-10-16(11-5-1)19(17-12-6-2-7-13-17)18-14-8-3-9-15-18;1-2-3-4-5-6;/h1-15H;2-4H2,1H3;/q;-1;/p+1. The van der Waals surface area contributed by atoms with E-state index < -0.39 is 7.92 Å². The van der Waals surface area contributed by atoms with Gasteiger partial charge < -0.3 is 4.79 Å². The van der Waals surface area contributed by atoms with E-state index in [-0.39, 0.29) is 17.1 Å². The summed E-state index contributed by atoms with van der Waals surface area (Å²) in [5.74, 6) is 0. The molecule has 0 fully saturated rings. The molecule has 0 aliphatic carbocycles. The van der Waals surface area contributed by atoms with E-state index in [9.17, 15) is 4.79 Å². The Morgan fingerprint density at radius 3 is 1.27 bits per heavy atom. The summed E-state index contributed by atoms with van der Waals surface area (Å²) >= 11 is 0. The molecular formula is C23H25FeOP. The number of rotatable bonds is 6. The molecule has 0 saturated carbocycles. The second kappa shape index (κ2) is 13.5. The first-order valence-corrected chi connectivity index (χ1v) is 10.2. The van der Waals surface area contributed by atoms with E-state index in [1.165, 1.54) is 15.9 Å². The summed E-state index contributed by atoms with van der Waals surface area (Å²) in [5, 5.41) is 4.31. The van der Waals surface area contributed by atoms with Gasteiger partial charge in [-0.15, -0.1) is 0 Å². The van der Waals surface area contributed by atoms with E-state index in [2.05, 4.69) is 97.9 Å². The van der Waals surface area contributed by atoms with Gasteiger partial charge >= 0.3 is 0 Å². The average Bonchev–Trinajstić information content (AvgIpc) is 2.70. The Morgan fingerprint density at radius 1 is 0.692 bits per heavy atom. The monoisotopic (exact) mass is 404 g/mol. The molecule has 0 N–H and O–H groups in total. The Labute approximate surface area is 169 Å². The maximum Gasteiger partial charge on any atom is 0.102 e. The summed E-state index contributed by atoms with van der Waals surface area (Å²) in [4.78, 5) is 9.44. The van der Waals surface area contributed by atoms with Crippen molar-refractivity contribution in [3.8, 4) is 0 Å². The molecule has 0 aromatic heterocycles. The van der Waals surface area contributed by atoms with Gasteiger partial charge in [0, 0.05) is 17.1 Å². The Bertz CT molecular complexity index is 623. The number of carbonyl (C=O) groups excluding carboxylic acids is 1. The zero-order valence-corrected chi connectivity index (χ0v) is 17.1. The van der Waals surface area contributed by atoms with Crippen molar-refractivity contribution in [2.24, 2.45) is 0 Å². The second-order valence-corrected chi connectivity index (χ2v) is 8.20. The van der Waals surface area contributed by atoms with Crippen LogP contribution in [0.4, 0.5) is 0 Å². The van der Waals surface area contributed by atoms with E-state index in [0.29, 0.717) is 6.42 Å². The van der Waals surface area contributed by atoms with Gasteiger partial charge in [0.05, 0.1) is 7.92 Å². The largest absolute Gasteiger partial charge is 0.542 e. The summed E-state index contributed by atoms with van der Waals surface area (Å²) in [5.41, 5.74) is 0. The fourth-order valence-electron chi connectivity index (χ4n) is 2.56. The van der Waals surface area contributed by atoms with Crippen molar-refractivity contribution in [3.05, 3.63) is 91.0 Å². The van der Waals surface area contributed by atoms with Crippen LogP contribution >= 0.6 is 7.92 Å². The van der Waals surface area contributed by atoms with Crippen LogP contribution < -0.4 is 15.9 Å². The first-order chi connectivity index (χ1) is 12.4. The Morgan fingerprint density at radius 2 is 1.04 bits per heavy atom. The number of hydrogen-bond donors (Lipinski definition) is 0. The minimum absolute atomic E-state index is 0. The normalized spacial score (nSPS) is 9.62. The van der Waals surface area contributed by atoms with Crippen LogP contribution in [0.5, 0.6) is 0 Å². The minimum atomic E-state index is -0.877. The molecule has 0 aliphatic rings. The Kier molecular flexibility index (Phi) is 11.6. The second-order valence-electron chi connectivity index (χ2n) is 5.72. The minimum Gasteiger partial charge on any atom is -0.542 e. The molecule has 0 unspecified atom stereocenters. The van der Waals surface area contributed by atoms with Crippen LogP contribution in [0.25, 0.3) is 0 Å². The van der Waals surface area contributed by atoms with E-state index in [0.717, 1.165) is 12.8 Å². The summed E-state index contributed by atoms with van der Waals surface area (Å²) in [6, 6.07) is 32.5. The third-order valence-corrected chi connectivity index (χ3v) is 6.55. The summed E-state index contributed by atoms with van der Waals surface area (Å²) in [6.07, 6.45) is 4.51. The molecule has 3 rings (SSSR count). The molecule has 26 heavy (non-hydrogen) atoms. The molecule has 0 atom stereocenters. The molecule has 3 aromatic rings. The molecule has 0 bridgehead atoms. The molecule has 0 heterocycles. The quantitative estimate of drug-likeness (QED) is 0.257. The van der Waals surface area contributed by atoms with Crippen molar-refractivity contribution < 1.29 is 21.9 Å². The predicted molar refractivity (Wildman–Crippen MR) is 112 cm³/mol. The van der Waals surface area contributed by atoms with Crippen LogP contribution in [0.3, 0.4) is 0 Å². The van der Waals surface area contributed by atoms with Gasteiger partial charge in [-0.2, -0.15) is 6.42 Å². The fourth-order valence-corrected chi connectivity index (χ4v) is 5.14. The topological polar surface area (TPSA) is 17.1 Å². The van der Waals surface area contributed by atoms with Gasteiger partial charge in [-0.05, 0) is 36.4 Å². The van der Waals surface area contributed by atoms with Gasteiger partial charge in [-0.1, -0.05) is 74.4 Å². The van der Waals surface area contributed by atoms with Crippen LogP contribution in [-0.2, 0) is 21.9 Å². The third kappa shape index (κ3) is 7.26. The predicted octanol–water partition coefficient (Wildman–Crippen LogP) is 4.46. The van der Waals surface area contributed by atoms with Crippen LogP contribution in [-0.4, -0.2) is 6.29 Å². The third-order valence-electron chi connectivity index (χ3n) is 3.82. The fraction of sp³-hybridized carbons (Fsp3) is 0.174. The Hall–Kier alpha value is -1.72. The van der Waals surface area contributed by atoms with Crippen molar-refractivity contribution in [1.82, 2.24) is 0 Å². The first kappa shape index (κ1) is 22.3. The summed E-state index contributed by atoms with van der Waals surface area (Å²) < 4.78 is 0. The van der Waals surface area contributed by atoms with E-state index in [1.807, 2.05) is 6.29 Å². The molecule has 0 spiro atoms. The van der Waals surface area contributed by atoms with Crippen molar-refractivity contribution >= 4 is 30.1 Å². The van der Waals surface area contributed by atoms with Crippen molar-refractivity contribution in [1.29, 1.82) is 0 Å². The molecule has 3 heteroatoms. The average molecular weight is 404 g/mol. The first-order valence-electron chi connectivity index (χ1n) is 8.75. The SMILES string of the molecule is CCCC[C-]=O.[Fe].c1ccc([PH+](c2ccccc2)c2ccccc2)cc1. The summed E-state index contributed by atoms with van der Waals surface area (Å²) in [6.45, 7) is 2.05. The molecule has 0 aliphatic heterocycles. The van der Waals surface area contributed by atoms with Crippen LogP contribution in [0.15, 0.2) is 91.0 Å². The van der Waals surface area contributed by atoms with Crippen LogP contribution in [0.1, 0.15) is 26.2 Å². The molecule has 0 saturated heterocycles. The summed E-state index contributed by atoms with van der Waals surface area (Å²) in [7, 11) is -0.877. The molecule has 136 valence electrons. The van der Waals surface area contributed by atoms with Gasteiger partial charge in [-0.3, -0.25) is 6.29 Å². The molecule has 0 radical (unpaired) electrons. The smallest absolute Gasteiger partial charge is 0.102 e. The van der Waals surface area contributed by atoms with Gasteiger partial charge in [0.1, 0.15) is 15.9 Å². The van der Waals surface area contributed by atoms with E-state index in [4.69, 9.17) is 0 Å². The molecular weight excluding hydrogens is 379 g/mol. The maximum atomic E-state index is 9.44. The van der Waals surface area contributed by atoms with Crippen molar-refractivity contribution in [3.63, 3.8) is 0 Å². The van der Waals surface area contributed by atoms with Crippen molar-refractivity contribution in [2.75, 3.05) is 0 Å². The number of benzene rings is 3. The molecule has 1 nitrogen and oxygen atoms in total. The number of unbranched alkanes of at least 4 members (excludes halogenated alkanes) is 2. The maximum absolute atomic E-state index is 9.44. The molecule has 3 aromatic carbocycles. The molecule has 0 amide bonds. The van der Waals surface area contributed by atoms with Crippen molar-refractivity contribution in [2.45, 2.75) is 26.2 Å².